The Kier molecular flexibility index (Phi) is 4.33. The molecular formula is C19H18FN5O2. The molecule has 138 valence electrons. The van der Waals surface area contributed by atoms with Crippen molar-refractivity contribution in [2.24, 2.45) is 0 Å². The van der Waals surface area contributed by atoms with Gasteiger partial charge in [0.25, 0.3) is 5.91 Å². The number of rotatable bonds is 5. The number of fused-ring (bicyclic) bond motifs is 3. The lowest BCUT2D eigenvalue weighted by Gasteiger charge is -2.11. The van der Waals surface area contributed by atoms with Crippen LogP contribution in [0.5, 0.6) is 0 Å². The van der Waals surface area contributed by atoms with Crippen molar-refractivity contribution in [2.75, 3.05) is 20.3 Å². The molecule has 0 aliphatic rings. The number of hydrogen-bond acceptors (Lipinski definition) is 4. The molecule has 3 aromatic heterocycles. The number of methoxy groups -OCH3 is 1. The van der Waals surface area contributed by atoms with Gasteiger partial charge in [0.1, 0.15) is 11.5 Å². The van der Waals surface area contributed by atoms with Gasteiger partial charge in [-0.3, -0.25) is 9.89 Å². The van der Waals surface area contributed by atoms with Crippen LogP contribution in [0.3, 0.4) is 0 Å². The Morgan fingerprint density at radius 2 is 2.15 bits per heavy atom. The second-order valence-corrected chi connectivity index (χ2v) is 6.18. The summed E-state index contributed by atoms with van der Waals surface area (Å²) in [7, 11) is 1.58. The highest BCUT2D eigenvalue weighted by Crippen LogP contribution is 2.31. The molecule has 1 aromatic carbocycles. The third kappa shape index (κ3) is 2.93. The molecule has 8 heteroatoms. The third-order valence-electron chi connectivity index (χ3n) is 4.45. The van der Waals surface area contributed by atoms with Crippen LogP contribution < -0.4 is 5.32 Å². The minimum atomic E-state index is -0.311. The van der Waals surface area contributed by atoms with Crippen LogP contribution in [-0.4, -0.2) is 45.9 Å². The molecule has 0 unspecified atom stereocenters. The second-order valence-electron chi connectivity index (χ2n) is 6.18. The highest BCUT2D eigenvalue weighted by atomic mass is 19.1. The van der Waals surface area contributed by atoms with E-state index in [0.29, 0.717) is 24.5 Å². The monoisotopic (exact) mass is 367 g/mol. The molecular weight excluding hydrogens is 349 g/mol. The Morgan fingerprint density at radius 3 is 2.93 bits per heavy atom. The lowest BCUT2D eigenvalue weighted by atomic mass is 10.2. The topological polar surface area (TPSA) is 84.8 Å². The summed E-state index contributed by atoms with van der Waals surface area (Å²) >= 11 is 0. The van der Waals surface area contributed by atoms with Gasteiger partial charge in [0, 0.05) is 19.0 Å². The summed E-state index contributed by atoms with van der Waals surface area (Å²) in [5.74, 6) is -0.566. The van der Waals surface area contributed by atoms with Crippen molar-refractivity contribution in [3.63, 3.8) is 0 Å². The molecule has 0 atom stereocenters. The third-order valence-corrected chi connectivity index (χ3v) is 4.45. The molecule has 27 heavy (non-hydrogen) atoms. The van der Waals surface area contributed by atoms with Crippen molar-refractivity contribution in [3.8, 4) is 5.69 Å². The van der Waals surface area contributed by atoms with Crippen LogP contribution in [0.15, 0.2) is 36.5 Å². The number of H-pyrrole nitrogens is 1. The van der Waals surface area contributed by atoms with E-state index in [1.54, 1.807) is 25.4 Å². The van der Waals surface area contributed by atoms with Crippen molar-refractivity contribution < 1.29 is 13.9 Å². The summed E-state index contributed by atoms with van der Waals surface area (Å²) in [6.45, 7) is 2.69. The highest BCUT2D eigenvalue weighted by Gasteiger charge is 2.17. The summed E-state index contributed by atoms with van der Waals surface area (Å²) in [4.78, 5) is 16.6. The van der Waals surface area contributed by atoms with Crippen molar-refractivity contribution in [1.29, 1.82) is 0 Å². The Bertz CT molecular complexity index is 1150. The number of aryl methyl sites for hydroxylation is 1. The van der Waals surface area contributed by atoms with E-state index in [-0.39, 0.29) is 11.7 Å². The average molecular weight is 367 g/mol. The molecule has 0 bridgehead atoms. The number of nitrogens with zero attached hydrogens (tertiary/aromatic N) is 3. The minimum absolute atomic E-state index is 0.255. The van der Waals surface area contributed by atoms with Gasteiger partial charge in [0.2, 0.25) is 0 Å². The number of carbonyl (C=O) groups excluding carboxylic acids is 1. The van der Waals surface area contributed by atoms with Crippen LogP contribution in [0, 0.1) is 12.7 Å². The largest absolute Gasteiger partial charge is 0.383 e. The van der Waals surface area contributed by atoms with Crippen molar-refractivity contribution in [3.05, 3.63) is 53.7 Å². The van der Waals surface area contributed by atoms with Crippen LogP contribution in [-0.2, 0) is 4.74 Å². The van der Waals surface area contributed by atoms with Gasteiger partial charge in [0.15, 0.2) is 0 Å². The van der Waals surface area contributed by atoms with Crippen LogP contribution in [0.4, 0.5) is 4.39 Å². The van der Waals surface area contributed by atoms with Gasteiger partial charge < -0.3 is 14.6 Å². The van der Waals surface area contributed by atoms with Gasteiger partial charge in [-0.05, 0) is 37.3 Å². The van der Waals surface area contributed by atoms with E-state index in [4.69, 9.17) is 4.74 Å². The number of amides is 1. The molecule has 0 fully saturated rings. The van der Waals surface area contributed by atoms with Gasteiger partial charge in [-0.15, -0.1) is 0 Å². The van der Waals surface area contributed by atoms with Crippen molar-refractivity contribution in [1.82, 2.24) is 25.1 Å². The quantitative estimate of drug-likeness (QED) is 0.531. The smallest absolute Gasteiger partial charge is 0.269 e. The fraction of sp³-hybridized carbons (Fsp3) is 0.211. The first-order valence-corrected chi connectivity index (χ1v) is 8.48. The first kappa shape index (κ1) is 17.2. The van der Waals surface area contributed by atoms with Gasteiger partial charge in [-0.25, -0.2) is 9.37 Å². The maximum atomic E-state index is 13.7. The summed E-state index contributed by atoms with van der Waals surface area (Å²) in [6.07, 6.45) is 1.69. The van der Waals surface area contributed by atoms with Crippen molar-refractivity contribution in [2.45, 2.75) is 6.92 Å². The summed E-state index contributed by atoms with van der Waals surface area (Å²) < 4.78 is 20.6. The SMILES string of the molecule is COCCNC(=O)c1ccc(-n2c3ccc(F)cc3c3[nH]ncc32)c(C)n1. The van der Waals surface area contributed by atoms with Gasteiger partial charge >= 0.3 is 0 Å². The number of nitrogens with one attached hydrogen (secondary N) is 2. The summed E-state index contributed by atoms with van der Waals surface area (Å²) in [6, 6.07) is 8.14. The van der Waals surface area contributed by atoms with E-state index in [0.717, 1.165) is 27.6 Å². The van der Waals surface area contributed by atoms with E-state index in [1.807, 2.05) is 17.6 Å². The number of pyridine rings is 1. The summed E-state index contributed by atoms with van der Waals surface area (Å²) in [5.41, 5.74) is 4.22. The number of carbonyl (C=O) groups is 1. The van der Waals surface area contributed by atoms with Crippen LogP contribution in [0.1, 0.15) is 16.2 Å². The standard InChI is InChI=1S/C19H18FN5O2/c1-11-15(6-4-14(23-11)19(26)21-7-8-27-2)25-16-5-3-12(20)9-13(16)18-17(25)10-22-24-18/h3-6,9-10H,7-8H2,1-2H3,(H,21,26)(H,22,24). The lowest BCUT2D eigenvalue weighted by Crippen LogP contribution is -2.28. The number of hydrogen-bond donors (Lipinski definition) is 2. The first-order chi connectivity index (χ1) is 13.1. The maximum Gasteiger partial charge on any atom is 0.269 e. The lowest BCUT2D eigenvalue weighted by molar-refractivity contribution is 0.0932. The average Bonchev–Trinajstić information content (AvgIpc) is 3.23. The molecule has 4 aromatic rings. The molecule has 0 saturated carbocycles. The van der Waals surface area contributed by atoms with E-state index >= 15 is 0 Å². The Morgan fingerprint density at radius 1 is 1.30 bits per heavy atom. The Labute approximate surface area is 154 Å². The van der Waals surface area contributed by atoms with E-state index in [9.17, 15) is 9.18 Å². The first-order valence-electron chi connectivity index (χ1n) is 8.48. The highest BCUT2D eigenvalue weighted by molar-refractivity contribution is 6.07. The molecule has 1 amide bonds. The fourth-order valence-electron chi connectivity index (χ4n) is 3.21. The fourth-order valence-corrected chi connectivity index (χ4v) is 3.21. The van der Waals surface area contributed by atoms with Crippen LogP contribution in [0.2, 0.25) is 0 Å². The van der Waals surface area contributed by atoms with Crippen LogP contribution >= 0.6 is 0 Å². The molecule has 0 aliphatic heterocycles. The Hall–Kier alpha value is -3.26. The van der Waals surface area contributed by atoms with Gasteiger partial charge in [0.05, 0.1) is 40.7 Å². The molecule has 4 rings (SSSR count). The van der Waals surface area contributed by atoms with Gasteiger partial charge in [-0.2, -0.15) is 5.10 Å². The minimum Gasteiger partial charge on any atom is -0.383 e. The molecule has 0 spiro atoms. The van der Waals surface area contributed by atoms with Gasteiger partial charge in [-0.1, -0.05) is 0 Å². The zero-order chi connectivity index (χ0) is 19.0. The second kappa shape index (κ2) is 6.81. The van der Waals surface area contributed by atoms with E-state index < -0.39 is 0 Å². The molecule has 3 heterocycles. The molecule has 0 aliphatic carbocycles. The molecule has 0 radical (unpaired) electrons. The number of halogens is 1. The zero-order valence-corrected chi connectivity index (χ0v) is 14.9. The molecule has 7 nitrogen and oxygen atoms in total. The molecule has 2 N–H and O–H groups in total. The number of aromatic amines is 1. The van der Waals surface area contributed by atoms with Crippen LogP contribution in [0.25, 0.3) is 27.6 Å². The maximum absolute atomic E-state index is 13.7. The number of ether oxygens (including phenoxy) is 1. The molecule has 0 saturated heterocycles. The number of aromatic nitrogens is 4. The number of benzene rings is 1. The van der Waals surface area contributed by atoms with E-state index in [2.05, 4.69) is 20.5 Å². The van der Waals surface area contributed by atoms with E-state index in [1.165, 1.54) is 12.1 Å². The normalized spacial score (nSPS) is 11.4. The summed E-state index contributed by atoms with van der Waals surface area (Å²) in [5, 5.41) is 10.5. The predicted octanol–water partition coefficient (Wildman–Crippen LogP) is 2.73. The predicted molar refractivity (Wildman–Crippen MR) is 99.6 cm³/mol. The van der Waals surface area contributed by atoms with Crippen molar-refractivity contribution >= 4 is 27.8 Å². The zero-order valence-electron chi connectivity index (χ0n) is 14.9. The Balaban J connectivity index is 1.79.